The van der Waals surface area contributed by atoms with Crippen molar-refractivity contribution in [2.75, 3.05) is 5.32 Å². The van der Waals surface area contributed by atoms with Crippen LogP contribution in [0, 0.1) is 5.82 Å². The number of aryl methyl sites for hydroxylation is 1. The Morgan fingerprint density at radius 1 is 1.19 bits per heavy atom. The minimum atomic E-state index is -0.316. The summed E-state index contributed by atoms with van der Waals surface area (Å²) < 4.78 is 16.3. The van der Waals surface area contributed by atoms with Gasteiger partial charge < -0.3 is 15.2 Å². The van der Waals surface area contributed by atoms with Gasteiger partial charge in [0.05, 0.1) is 6.54 Å². The van der Waals surface area contributed by atoms with Gasteiger partial charge in [0, 0.05) is 43.3 Å². The maximum atomic E-state index is 14.4. The number of rotatable bonds is 5. The number of anilines is 1. The van der Waals surface area contributed by atoms with E-state index in [4.69, 9.17) is 0 Å². The fraction of sp³-hybridized carbons (Fsp3) is 0.467. The van der Waals surface area contributed by atoms with E-state index in [2.05, 4.69) is 20.6 Å². The Kier molecular flexibility index (Phi) is 4.57. The Hall–Kier alpha value is -1.95. The van der Waals surface area contributed by atoms with Crippen LogP contribution >= 0.6 is 0 Å². The van der Waals surface area contributed by atoms with E-state index in [0.29, 0.717) is 18.7 Å². The molecule has 0 radical (unpaired) electrons. The van der Waals surface area contributed by atoms with E-state index in [1.54, 1.807) is 18.5 Å². The summed E-state index contributed by atoms with van der Waals surface area (Å²) in [5.41, 5.74) is 0.540. The number of pyridine rings is 1. The molecule has 6 heteroatoms. The van der Waals surface area contributed by atoms with Crippen LogP contribution < -0.4 is 10.6 Å². The first-order valence-electron chi connectivity index (χ1n) is 6.95. The van der Waals surface area contributed by atoms with Crippen molar-refractivity contribution in [1.82, 2.24) is 19.9 Å². The van der Waals surface area contributed by atoms with Crippen LogP contribution in [0.25, 0.3) is 0 Å². The topological polar surface area (TPSA) is 54.8 Å². The van der Waals surface area contributed by atoms with Crippen LogP contribution in [-0.2, 0) is 20.1 Å². The van der Waals surface area contributed by atoms with Gasteiger partial charge in [-0.05, 0) is 26.8 Å². The van der Waals surface area contributed by atoms with Gasteiger partial charge in [0.25, 0.3) is 0 Å². The quantitative estimate of drug-likeness (QED) is 0.888. The van der Waals surface area contributed by atoms with Crippen LogP contribution in [0.4, 0.5) is 10.2 Å². The van der Waals surface area contributed by atoms with Crippen LogP contribution in [0.5, 0.6) is 0 Å². The van der Waals surface area contributed by atoms with Crippen molar-refractivity contribution in [3.8, 4) is 0 Å². The molecule has 2 rings (SSSR count). The maximum absolute atomic E-state index is 14.4. The summed E-state index contributed by atoms with van der Waals surface area (Å²) in [5.74, 6) is 0.768. The van der Waals surface area contributed by atoms with Crippen molar-refractivity contribution >= 4 is 5.82 Å². The Labute approximate surface area is 124 Å². The van der Waals surface area contributed by atoms with Crippen LogP contribution in [-0.4, -0.2) is 20.1 Å². The molecule has 0 unspecified atom stereocenters. The lowest BCUT2D eigenvalue weighted by molar-refractivity contribution is 0.418. The first kappa shape index (κ1) is 15.4. The molecule has 2 N–H and O–H groups in total. The zero-order valence-corrected chi connectivity index (χ0v) is 12.9. The molecular weight excluding hydrogens is 269 g/mol. The standard InChI is InChI=1S/C15H22FN5/c1-15(2,3)20-9-11-5-6-18-14(13(11)16)19-10-12-17-7-8-21(12)4/h5-8,20H,9-10H2,1-4H3,(H,18,19). The molecule has 0 aromatic carbocycles. The van der Waals surface area contributed by atoms with Gasteiger partial charge >= 0.3 is 0 Å². The Balaban J connectivity index is 2.05. The van der Waals surface area contributed by atoms with E-state index in [1.807, 2.05) is 38.6 Å². The SMILES string of the molecule is Cn1ccnc1CNc1nccc(CNC(C)(C)C)c1F. The average molecular weight is 291 g/mol. The van der Waals surface area contributed by atoms with Crippen LogP contribution in [0.2, 0.25) is 0 Å². The fourth-order valence-electron chi connectivity index (χ4n) is 1.83. The van der Waals surface area contributed by atoms with E-state index in [1.165, 1.54) is 0 Å². The van der Waals surface area contributed by atoms with Crippen molar-refractivity contribution in [1.29, 1.82) is 0 Å². The Bertz CT molecular complexity index is 600. The highest BCUT2D eigenvalue weighted by Gasteiger charge is 2.13. The summed E-state index contributed by atoms with van der Waals surface area (Å²) in [4.78, 5) is 8.25. The molecule has 2 aromatic rings. The molecule has 21 heavy (non-hydrogen) atoms. The highest BCUT2D eigenvalue weighted by atomic mass is 19.1. The second-order valence-corrected chi connectivity index (χ2v) is 6.04. The Morgan fingerprint density at radius 3 is 2.57 bits per heavy atom. The van der Waals surface area contributed by atoms with Gasteiger partial charge in [-0.2, -0.15) is 0 Å². The molecule has 0 atom stereocenters. The van der Waals surface area contributed by atoms with Gasteiger partial charge in [-0.3, -0.25) is 0 Å². The normalized spacial score (nSPS) is 11.7. The van der Waals surface area contributed by atoms with Gasteiger partial charge in [-0.1, -0.05) is 0 Å². The highest BCUT2D eigenvalue weighted by molar-refractivity contribution is 5.40. The van der Waals surface area contributed by atoms with Crippen LogP contribution in [0.3, 0.4) is 0 Å². The third-order valence-corrected chi connectivity index (χ3v) is 3.11. The van der Waals surface area contributed by atoms with E-state index >= 15 is 0 Å². The zero-order chi connectivity index (χ0) is 15.5. The molecule has 0 bridgehead atoms. The molecule has 0 fully saturated rings. The minimum Gasteiger partial charge on any atom is -0.360 e. The fourth-order valence-corrected chi connectivity index (χ4v) is 1.83. The second-order valence-electron chi connectivity index (χ2n) is 6.04. The van der Waals surface area contributed by atoms with Gasteiger partial charge in [-0.15, -0.1) is 0 Å². The average Bonchev–Trinajstić information content (AvgIpc) is 2.81. The first-order chi connectivity index (χ1) is 9.87. The number of halogens is 1. The molecule has 5 nitrogen and oxygen atoms in total. The molecular formula is C15H22FN5. The first-order valence-corrected chi connectivity index (χ1v) is 6.95. The molecule has 0 spiro atoms. The maximum Gasteiger partial charge on any atom is 0.169 e. The van der Waals surface area contributed by atoms with Crippen LogP contribution in [0.1, 0.15) is 32.2 Å². The van der Waals surface area contributed by atoms with Crippen molar-refractivity contribution in [2.24, 2.45) is 7.05 Å². The summed E-state index contributed by atoms with van der Waals surface area (Å²) in [5, 5.41) is 6.27. The van der Waals surface area contributed by atoms with E-state index in [0.717, 1.165) is 5.82 Å². The van der Waals surface area contributed by atoms with E-state index in [-0.39, 0.29) is 17.2 Å². The highest BCUT2D eigenvalue weighted by Crippen LogP contribution is 2.16. The van der Waals surface area contributed by atoms with E-state index in [9.17, 15) is 4.39 Å². The predicted molar refractivity (Wildman–Crippen MR) is 81.3 cm³/mol. The van der Waals surface area contributed by atoms with Crippen LogP contribution in [0.15, 0.2) is 24.7 Å². The third-order valence-electron chi connectivity index (χ3n) is 3.11. The lowest BCUT2D eigenvalue weighted by atomic mass is 10.1. The van der Waals surface area contributed by atoms with Crippen molar-refractivity contribution < 1.29 is 4.39 Å². The summed E-state index contributed by atoms with van der Waals surface area (Å²) in [6.45, 7) is 7.05. The summed E-state index contributed by atoms with van der Waals surface area (Å²) in [6, 6.07) is 1.69. The molecule has 0 amide bonds. The van der Waals surface area contributed by atoms with Gasteiger partial charge in [0.15, 0.2) is 11.6 Å². The lowest BCUT2D eigenvalue weighted by Crippen LogP contribution is -2.35. The summed E-state index contributed by atoms with van der Waals surface area (Å²) in [6.07, 6.45) is 5.18. The molecule has 0 saturated carbocycles. The molecule has 0 aliphatic rings. The van der Waals surface area contributed by atoms with E-state index < -0.39 is 0 Å². The molecule has 2 aromatic heterocycles. The monoisotopic (exact) mass is 291 g/mol. The number of hydrogen-bond acceptors (Lipinski definition) is 4. The number of nitrogens with zero attached hydrogens (tertiary/aromatic N) is 3. The number of imidazole rings is 1. The van der Waals surface area contributed by atoms with Crippen molar-refractivity contribution in [3.63, 3.8) is 0 Å². The van der Waals surface area contributed by atoms with Gasteiger partial charge in [0.2, 0.25) is 0 Å². The van der Waals surface area contributed by atoms with Crippen molar-refractivity contribution in [3.05, 3.63) is 41.9 Å². The molecule has 2 heterocycles. The van der Waals surface area contributed by atoms with Gasteiger partial charge in [0.1, 0.15) is 5.82 Å². The largest absolute Gasteiger partial charge is 0.360 e. The Morgan fingerprint density at radius 2 is 1.95 bits per heavy atom. The molecule has 0 saturated heterocycles. The van der Waals surface area contributed by atoms with Crippen molar-refractivity contribution in [2.45, 2.75) is 39.4 Å². The number of nitrogens with one attached hydrogen (secondary N) is 2. The zero-order valence-electron chi connectivity index (χ0n) is 12.9. The van der Waals surface area contributed by atoms with Gasteiger partial charge in [-0.25, -0.2) is 14.4 Å². The smallest absolute Gasteiger partial charge is 0.169 e. The lowest BCUT2D eigenvalue weighted by Gasteiger charge is -2.21. The molecule has 0 aliphatic heterocycles. The number of hydrogen-bond donors (Lipinski definition) is 2. The second kappa shape index (κ2) is 6.22. The number of aromatic nitrogens is 3. The summed E-state index contributed by atoms with van der Waals surface area (Å²) in [7, 11) is 1.90. The molecule has 0 aliphatic carbocycles. The third kappa shape index (κ3) is 4.26. The molecule has 114 valence electrons. The minimum absolute atomic E-state index is 0.0593. The predicted octanol–water partition coefficient (Wildman–Crippen LogP) is 2.45. The summed E-state index contributed by atoms with van der Waals surface area (Å²) >= 11 is 0.